The highest BCUT2D eigenvalue weighted by Gasteiger charge is 2.03. The lowest BCUT2D eigenvalue weighted by atomic mass is 10.2. The zero-order valence-corrected chi connectivity index (χ0v) is 10.9. The first-order chi connectivity index (χ1) is 8.22. The molecule has 0 fully saturated rings. The highest BCUT2D eigenvalue weighted by molar-refractivity contribution is 7.71. The molecule has 0 atom stereocenters. The van der Waals surface area contributed by atoms with Crippen LogP contribution in [0.4, 0.5) is 0 Å². The Kier molecular flexibility index (Phi) is 3.68. The zero-order chi connectivity index (χ0) is 12.3. The summed E-state index contributed by atoms with van der Waals surface area (Å²) in [5.41, 5.74) is 2.05. The Hall–Kier alpha value is -1.49. The Morgan fingerprint density at radius 2 is 2.24 bits per heavy atom. The molecule has 1 N–H and O–H groups in total. The lowest BCUT2D eigenvalue weighted by Crippen LogP contribution is -1.96. The molecule has 0 saturated heterocycles. The van der Waals surface area contributed by atoms with E-state index in [2.05, 4.69) is 28.9 Å². The van der Waals surface area contributed by atoms with Gasteiger partial charge in [-0.25, -0.2) is 4.98 Å². The first kappa shape index (κ1) is 12.0. The van der Waals surface area contributed by atoms with Crippen LogP contribution in [0.5, 0.6) is 0 Å². The zero-order valence-electron chi connectivity index (χ0n) is 10.1. The number of aryl methyl sites for hydroxylation is 2. The quantitative estimate of drug-likeness (QED) is 0.846. The molecule has 0 saturated carbocycles. The van der Waals surface area contributed by atoms with E-state index in [9.17, 15) is 0 Å². The van der Waals surface area contributed by atoms with Crippen molar-refractivity contribution >= 4 is 12.2 Å². The molecule has 90 valence electrons. The number of nitrogens with zero attached hydrogens (tertiary/aromatic N) is 3. The van der Waals surface area contributed by atoms with E-state index >= 15 is 0 Å². The van der Waals surface area contributed by atoms with Crippen molar-refractivity contribution in [3.63, 3.8) is 0 Å². The number of H-pyrrole nitrogens is 1. The molecule has 0 unspecified atom stereocenters. The molecule has 0 radical (unpaired) electrons. The van der Waals surface area contributed by atoms with Crippen LogP contribution in [0.15, 0.2) is 18.5 Å². The third-order valence-corrected chi connectivity index (χ3v) is 2.73. The molecule has 0 aliphatic rings. The number of aromatic nitrogens is 4. The molecule has 0 aliphatic carbocycles. The predicted octanol–water partition coefficient (Wildman–Crippen LogP) is 2.98. The van der Waals surface area contributed by atoms with E-state index in [1.54, 1.807) is 0 Å². The van der Waals surface area contributed by atoms with E-state index in [4.69, 9.17) is 12.2 Å². The fourth-order valence-electron chi connectivity index (χ4n) is 1.69. The Bertz CT molecular complexity index is 556. The van der Waals surface area contributed by atoms with Gasteiger partial charge in [-0.05, 0) is 12.5 Å². The molecule has 4 nitrogen and oxygen atoms in total. The second kappa shape index (κ2) is 5.23. The molecule has 2 rings (SSSR count). The van der Waals surface area contributed by atoms with Crippen molar-refractivity contribution in [3.05, 3.63) is 28.9 Å². The van der Waals surface area contributed by atoms with Gasteiger partial charge in [0, 0.05) is 24.7 Å². The van der Waals surface area contributed by atoms with Crippen molar-refractivity contribution in [2.45, 2.75) is 33.2 Å². The molecule has 5 heteroatoms. The van der Waals surface area contributed by atoms with E-state index in [0.717, 1.165) is 36.5 Å². The van der Waals surface area contributed by atoms with Gasteiger partial charge in [0.15, 0.2) is 0 Å². The highest BCUT2D eigenvalue weighted by Crippen LogP contribution is 2.16. The van der Waals surface area contributed by atoms with Gasteiger partial charge in [-0.2, -0.15) is 5.10 Å². The molecule has 0 amide bonds. The molecule has 2 aromatic heterocycles. The van der Waals surface area contributed by atoms with E-state index < -0.39 is 0 Å². The highest BCUT2D eigenvalue weighted by atomic mass is 32.1. The average molecular weight is 248 g/mol. The van der Waals surface area contributed by atoms with Crippen molar-refractivity contribution in [2.24, 2.45) is 0 Å². The van der Waals surface area contributed by atoms with Gasteiger partial charge in [0.2, 0.25) is 0 Å². The lowest BCUT2D eigenvalue weighted by molar-refractivity contribution is 0.603. The van der Waals surface area contributed by atoms with E-state index in [-0.39, 0.29) is 0 Å². The summed E-state index contributed by atoms with van der Waals surface area (Å²) in [5, 5.41) is 4.31. The number of nitrogens with one attached hydrogen (secondary N) is 1. The summed E-state index contributed by atoms with van der Waals surface area (Å²) in [6.45, 7) is 5.13. The van der Waals surface area contributed by atoms with Crippen LogP contribution >= 0.6 is 12.2 Å². The average Bonchev–Trinajstić information content (AvgIpc) is 2.77. The standard InChI is InChI=1S/C12H16N4S/c1-3-5-16-8-9(7-13-16)10-6-12(17)15-11(4-2)14-10/h6-8H,3-5H2,1-2H3,(H,14,15,17). The minimum atomic E-state index is 0.624. The van der Waals surface area contributed by atoms with Crippen LogP contribution in [-0.2, 0) is 13.0 Å². The van der Waals surface area contributed by atoms with Crippen LogP contribution in [0.3, 0.4) is 0 Å². The van der Waals surface area contributed by atoms with Crippen LogP contribution < -0.4 is 0 Å². The second-order valence-corrected chi connectivity index (χ2v) is 4.34. The molecule has 2 aromatic rings. The summed E-state index contributed by atoms with van der Waals surface area (Å²) in [5.74, 6) is 0.913. The fourth-order valence-corrected chi connectivity index (χ4v) is 1.91. The van der Waals surface area contributed by atoms with Gasteiger partial charge in [0.05, 0.1) is 11.9 Å². The minimum absolute atomic E-state index is 0.624. The molecule has 2 heterocycles. The number of rotatable bonds is 4. The Morgan fingerprint density at radius 1 is 1.41 bits per heavy atom. The smallest absolute Gasteiger partial charge is 0.130 e. The van der Waals surface area contributed by atoms with Crippen molar-refractivity contribution in [1.29, 1.82) is 0 Å². The number of aromatic amines is 1. The van der Waals surface area contributed by atoms with Gasteiger partial charge >= 0.3 is 0 Å². The molecule has 17 heavy (non-hydrogen) atoms. The van der Waals surface area contributed by atoms with Gasteiger partial charge in [0.1, 0.15) is 10.5 Å². The maximum Gasteiger partial charge on any atom is 0.130 e. The molecule has 0 aliphatic heterocycles. The maximum absolute atomic E-state index is 5.15. The molecule has 0 aromatic carbocycles. The van der Waals surface area contributed by atoms with Crippen LogP contribution in [0.2, 0.25) is 0 Å². The summed E-state index contributed by atoms with van der Waals surface area (Å²) in [7, 11) is 0. The third-order valence-electron chi connectivity index (χ3n) is 2.52. The van der Waals surface area contributed by atoms with Gasteiger partial charge in [-0.1, -0.05) is 26.1 Å². The van der Waals surface area contributed by atoms with Crippen molar-refractivity contribution in [1.82, 2.24) is 19.7 Å². The number of hydrogen-bond donors (Lipinski definition) is 1. The Morgan fingerprint density at radius 3 is 2.94 bits per heavy atom. The summed E-state index contributed by atoms with van der Waals surface area (Å²) < 4.78 is 2.57. The summed E-state index contributed by atoms with van der Waals surface area (Å²) in [6.07, 6.45) is 5.81. The summed E-state index contributed by atoms with van der Waals surface area (Å²) in [4.78, 5) is 7.53. The van der Waals surface area contributed by atoms with Gasteiger partial charge in [-0.3, -0.25) is 4.68 Å². The normalized spacial score (nSPS) is 10.7. The maximum atomic E-state index is 5.15. The van der Waals surface area contributed by atoms with Gasteiger partial charge in [0.25, 0.3) is 0 Å². The third kappa shape index (κ3) is 2.79. The SMILES string of the molecule is CCCn1cc(-c2cc(=S)nc(CC)[nH]2)cn1. The molecule has 0 spiro atoms. The lowest BCUT2D eigenvalue weighted by Gasteiger charge is -2.01. The second-order valence-electron chi connectivity index (χ2n) is 3.93. The minimum Gasteiger partial charge on any atom is -0.343 e. The summed E-state index contributed by atoms with van der Waals surface area (Å²) in [6, 6.07) is 1.88. The van der Waals surface area contributed by atoms with Crippen LogP contribution in [0.25, 0.3) is 11.3 Å². The van der Waals surface area contributed by atoms with Crippen LogP contribution in [0, 0.1) is 4.64 Å². The monoisotopic (exact) mass is 248 g/mol. The van der Waals surface area contributed by atoms with E-state index in [0.29, 0.717) is 4.64 Å². The Labute approximate surface area is 106 Å². The van der Waals surface area contributed by atoms with Gasteiger partial charge in [-0.15, -0.1) is 0 Å². The van der Waals surface area contributed by atoms with E-state index in [1.165, 1.54) is 0 Å². The first-order valence-electron chi connectivity index (χ1n) is 5.86. The van der Waals surface area contributed by atoms with Crippen LogP contribution in [-0.4, -0.2) is 19.7 Å². The summed E-state index contributed by atoms with van der Waals surface area (Å²) >= 11 is 5.15. The van der Waals surface area contributed by atoms with Gasteiger partial charge < -0.3 is 4.98 Å². The van der Waals surface area contributed by atoms with E-state index in [1.807, 2.05) is 23.1 Å². The van der Waals surface area contributed by atoms with Crippen LogP contribution in [0.1, 0.15) is 26.1 Å². The van der Waals surface area contributed by atoms with Crippen molar-refractivity contribution in [2.75, 3.05) is 0 Å². The van der Waals surface area contributed by atoms with Crippen molar-refractivity contribution in [3.8, 4) is 11.3 Å². The fraction of sp³-hybridized carbons (Fsp3) is 0.417. The Balaban J connectivity index is 2.37. The topological polar surface area (TPSA) is 46.5 Å². The molecule has 0 bridgehead atoms. The first-order valence-corrected chi connectivity index (χ1v) is 6.26. The molecular formula is C12H16N4S. The predicted molar refractivity (Wildman–Crippen MR) is 70.3 cm³/mol. The molecular weight excluding hydrogens is 232 g/mol. The number of hydrogen-bond acceptors (Lipinski definition) is 3. The largest absolute Gasteiger partial charge is 0.343 e. The van der Waals surface area contributed by atoms with Crippen molar-refractivity contribution < 1.29 is 0 Å².